The third-order valence-electron chi connectivity index (χ3n) is 4.21. The molecule has 36 heavy (non-hydrogen) atoms. The first kappa shape index (κ1) is 28.4. The van der Waals surface area contributed by atoms with Crippen LogP contribution in [0.25, 0.3) is 0 Å². The van der Waals surface area contributed by atoms with Gasteiger partial charge in [-0.15, -0.1) is 0 Å². The van der Waals surface area contributed by atoms with Crippen molar-refractivity contribution < 1.29 is 41.9 Å². The minimum absolute atomic E-state index is 0.185. The molecule has 0 aromatic heterocycles. The van der Waals surface area contributed by atoms with Gasteiger partial charge < -0.3 is 14.2 Å². The Hall–Kier alpha value is -3.83. The number of carbonyl (C=O) groups excluding carboxylic acids is 2. The number of hydrogen-bond donors (Lipinski definition) is 0. The summed E-state index contributed by atoms with van der Waals surface area (Å²) in [5.41, 5.74) is -5.22. The maximum Gasteiger partial charge on any atom is 0.424 e. The SMILES string of the molecule is CC(C)(C)OC(=O)N(C(=O)OC(C)(C)C)c1cc(OCc2ccccc2)c(C(F)(F)F)cc1[N+](=O)[O-]. The van der Waals surface area contributed by atoms with Gasteiger partial charge in [-0.2, -0.15) is 18.1 Å². The lowest BCUT2D eigenvalue weighted by Gasteiger charge is -2.28. The van der Waals surface area contributed by atoms with Crippen LogP contribution < -0.4 is 9.64 Å². The number of hydrogen-bond acceptors (Lipinski definition) is 7. The van der Waals surface area contributed by atoms with E-state index < -0.39 is 57.2 Å². The second-order valence-electron chi connectivity index (χ2n) is 9.66. The molecular weight excluding hydrogens is 485 g/mol. The second kappa shape index (κ2) is 10.4. The molecule has 0 fully saturated rings. The lowest BCUT2D eigenvalue weighted by Crippen LogP contribution is -2.44. The van der Waals surface area contributed by atoms with E-state index >= 15 is 0 Å². The predicted molar refractivity (Wildman–Crippen MR) is 124 cm³/mol. The van der Waals surface area contributed by atoms with Crippen LogP contribution in [-0.4, -0.2) is 28.3 Å². The van der Waals surface area contributed by atoms with Crippen molar-refractivity contribution in [2.24, 2.45) is 0 Å². The zero-order valence-electron chi connectivity index (χ0n) is 20.6. The summed E-state index contributed by atoms with van der Waals surface area (Å²) >= 11 is 0. The van der Waals surface area contributed by atoms with Gasteiger partial charge in [0.1, 0.15) is 34.8 Å². The normalized spacial score (nSPS) is 12.0. The van der Waals surface area contributed by atoms with Gasteiger partial charge in [-0.05, 0) is 47.1 Å². The maximum absolute atomic E-state index is 13.8. The minimum Gasteiger partial charge on any atom is -0.488 e. The summed E-state index contributed by atoms with van der Waals surface area (Å²) in [7, 11) is 0. The highest BCUT2D eigenvalue weighted by molar-refractivity contribution is 6.11. The number of halogens is 3. The molecule has 2 amide bonds. The molecule has 0 aliphatic rings. The van der Waals surface area contributed by atoms with E-state index in [0.717, 1.165) is 0 Å². The molecule has 0 heterocycles. The molecule has 0 unspecified atom stereocenters. The third-order valence-corrected chi connectivity index (χ3v) is 4.21. The fraction of sp³-hybridized carbons (Fsp3) is 0.417. The Morgan fingerprint density at radius 1 is 0.917 bits per heavy atom. The van der Waals surface area contributed by atoms with Gasteiger partial charge in [-0.3, -0.25) is 10.1 Å². The predicted octanol–water partition coefficient (Wildman–Crippen LogP) is 6.87. The molecule has 0 bridgehead atoms. The molecule has 9 nitrogen and oxygen atoms in total. The molecule has 0 atom stereocenters. The molecule has 2 aromatic rings. The average Bonchev–Trinajstić information content (AvgIpc) is 2.69. The molecule has 12 heteroatoms. The molecule has 0 saturated heterocycles. The van der Waals surface area contributed by atoms with Crippen LogP contribution in [0.5, 0.6) is 5.75 Å². The number of rotatable bonds is 5. The van der Waals surface area contributed by atoms with Crippen molar-refractivity contribution in [1.29, 1.82) is 0 Å². The van der Waals surface area contributed by atoms with Crippen molar-refractivity contribution in [2.75, 3.05) is 4.90 Å². The van der Waals surface area contributed by atoms with Gasteiger partial charge in [0.15, 0.2) is 0 Å². The topological polar surface area (TPSA) is 108 Å². The molecule has 0 radical (unpaired) electrons. The first-order valence-electron chi connectivity index (χ1n) is 10.7. The Morgan fingerprint density at radius 2 is 1.42 bits per heavy atom. The monoisotopic (exact) mass is 512 g/mol. The summed E-state index contributed by atoms with van der Waals surface area (Å²) in [6.45, 7) is 8.56. The van der Waals surface area contributed by atoms with Gasteiger partial charge >= 0.3 is 18.4 Å². The summed E-state index contributed by atoms with van der Waals surface area (Å²) in [5, 5.41) is 11.8. The van der Waals surface area contributed by atoms with Crippen LogP contribution in [0.2, 0.25) is 0 Å². The zero-order chi connectivity index (χ0) is 27.5. The standard InChI is InChI=1S/C24H27F3N2O7/c1-22(2,3)35-20(30)28(21(31)36-23(4,5)6)17-13-19(34-14-15-10-8-7-9-11-15)16(24(25,26)27)12-18(17)29(32)33/h7-13H,14H2,1-6H3. The Morgan fingerprint density at radius 3 is 1.83 bits per heavy atom. The Labute approximate surface area is 205 Å². The van der Waals surface area contributed by atoms with Gasteiger partial charge in [0.25, 0.3) is 5.69 Å². The van der Waals surface area contributed by atoms with E-state index in [2.05, 4.69) is 0 Å². The van der Waals surface area contributed by atoms with Crippen LogP contribution in [0.3, 0.4) is 0 Å². The lowest BCUT2D eigenvalue weighted by atomic mass is 10.1. The van der Waals surface area contributed by atoms with Crippen molar-refractivity contribution in [3.63, 3.8) is 0 Å². The molecule has 0 aliphatic carbocycles. The van der Waals surface area contributed by atoms with Crippen LogP contribution >= 0.6 is 0 Å². The molecular formula is C24H27F3N2O7. The highest BCUT2D eigenvalue weighted by Crippen LogP contribution is 2.44. The van der Waals surface area contributed by atoms with E-state index in [1.54, 1.807) is 30.3 Å². The van der Waals surface area contributed by atoms with Crippen molar-refractivity contribution in [1.82, 2.24) is 0 Å². The highest BCUT2D eigenvalue weighted by Gasteiger charge is 2.42. The second-order valence-corrected chi connectivity index (χ2v) is 9.66. The number of nitrogens with zero attached hydrogens (tertiary/aromatic N) is 2. The zero-order valence-corrected chi connectivity index (χ0v) is 20.6. The van der Waals surface area contributed by atoms with Crippen LogP contribution in [-0.2, 0) is 22.3 Å². The largest absolute Gasteiger partial charge is 0.488 e. The molecule has 0 spiro atoms. The first-order chi connectivity index (χ1) is 16.4. The summed E-state index contributed by atoms with van der Waals surface area (Å²) in [6, 6.07) is 9.03. The van der Waals surface area contributed by atoms with Crippen molar-refractivity contribution in [3.8, 4) is 5.75 Å². The number of ether oxygens (including phenoxy) is 3. The van der Waals surface area contributed by atoms with Crippen LogP contribution in [0.15, 0.2) is 42.5 Å². The third kappa shape index (κ3) is 7.85. The smallest absolute Gasteiger partial charge is 0.424 e. The van der Waals surface area contributed by atoms with Gasteiger partial charge in [-0.1, -0.05) is 30.3 Å². The number of imide groups is 1. The van der Waals surface area contributed by atoms with Gasteiger partial charge in [0.05, 0.1) is 4.92 Å². The van der Waals surface area contributed by atoms with E-state index in [1.165, 1.54) is 41.5 Å². The van der Waals surface area contributed by atoms with E-state index in [9.17, 15) is 32.9 Å². The number of benzene rings is 2. The number of anilines is 1. The first-order valence-corrected chi connectivity index (χ1v) is 10.7. The lowest BCUT2D eigenvalue weighted by molar-refractivity contribution is -0.384. The Balaban J connectivity index is 2.73. The number of amides is 2. The number of alkyl halides is 3. The molecule has 0 saturated carbocycles. The minimum atomic E-state index is -5.04. The number of nitro benzene ring substituents is 1. The molecule has 2 aromatic carbocycles. The molecule has 0 N–H and O–H groups in total. The summed E-state index contributed by atoms with van der Waals surface area (Å²) < 4.78 is 57.2. The molecule has 196 valence electrons. The van der Waals surface area contributed by atoms with Gasteiger partial charge in [0.2, 0.25) is 0 Å². The highest BCUT2D eigenvalue weighted by atomic mass is 19.4. The maximum atomic E-state index is 13.8. The summed E-state index contributed by atoms with van der Waals surface area (Å²) in [5.74, 6) is -0.830. The fourth-order valence-corrected chi connectivity index (χ4v) is 2.85. The summed E-state index contributed by atoms with van der Waals surface area (Å²) in [6.07, 6.45) is -7.81. The summed E-state index contributed by atoms with van der Waals surface area (Å²) in [4.78, 5) is 36.7. The van der Waals surface area contributed by atoms with Crippen molar-refractivity contribution in [3.05, 3.63) is 63.7 Å². The van der Waals surface area contributed by atoms with E-state index in [-0.39, 0.29) is 17.6 Å². The van der Waals surface area contributed by atoms with E-state index in [1.807, 2.05) is 0 Å². The van der Waals surface area contributed by atoms with E-state index in [0.29, 0.717) is 11.6 Å². The molecule has 0 aliphatic heterocycles. The van der Waals surface area contributed by atoms with Gasteiger partial charge in [-0.25, -0.2) is 9.59 Å². The quantitative estimate of drug-likeness (QED) is 0.318. The number of nitro groups is 1. The van der Waals surface area contributed by atoms with Crippen molar-refractivity contribution in [2.45, 2.75) is 65.5 Å². The van der Waals surface area contributed by atoms with Crippen LogP contribution in [0.1, 0.15) is 52.7 Å². The van der Waals surface area contributed by atoms with Gasteiger partial charge in [0, 0.05) is 12.1 Å². The van der Waals surface area contributed by atoms with E-state index in [4.69, 9.17) is 14.2 Å². The Kier molecular flexibility index (Phi) is 8.23. The number of carbonyl (C=O) groups is 2. The fourth-order valence-electron chi connectivity index (χ4n) is 2.85. The van der Waals surface area contributed by atoms with Crippen LogP contribution in [0.4, 0.5) is 34.1 Å². The molecule has 2 rings (SSSR count). The van der Waals surface area contributed by atoms with Crippen molar-refractivity contribution >= 4 is 23.6 Å². The average molecular weight is 512 g/mol. The Bertz CT molecular complexity index is 1090. The van der Waals surface area contributed by atoms with Crippen LogP contribution in [0, 0.1) is 10.1 Å².